The summed E-state index contributed by atoms with van der Waals surface area (Å²) in [5, 5.41) is 3.73. The van der Waals surface area contributed by atoms with E-state index in [4.69, 9.17) is 11.6 Å². The molecule has 1 aliphatic rings. The van der Waals surface area contributed by atoms with Crippen LogP contribution in [0.2, 0.25) is 5.02 Å². The molecular weight excluding hydrogens is 290 g/mol. The number of thiophene rings is 1. The Labute approximate surface area is 127 Å². The van der Waals surface area contributed by atoms with E-state index < -0.39 is 0 Å². The van der Waals surface area contributed by atoms with Crippen molar-refractivity contribution in [1.29, 1.82) is 0 Å². The first-order valence-corrected chi connectivity index (χ1v) is 8.01. The molecule has 2 nitrogen and oxygen atoms in total. The summed E-state index contributed by atoms with van der Waals surface area (Å²) in [7, 11) is 0. The van der Waals surface area contributed by atoms with Gasteiger partial charge in [-0.3, -0.25) is 4.79 Å². The van der Waals surface area contributed by atoms with Crippen LogP contribution >= 0.6 is 22.9 Å². The van der Waals surface area contributed by atoms with E-state index in [1.54, 1.807) is 11.3 Å². The maximum absolute atomic E-state index is 12.3. The van der Waals surface area contributed by atoms with Gasteiger partial charge in [0.05, 0.1) is 10.9 Å². The summed E-state index contributed by atoms with van der Waals surface area (Å²) in [6.45, 7) is 1.98. The highest BCUT2D eigenvalue weighted by molar-refractivity contribution is 7.14. The molecule has 0 saturated carbocycles. The van der Waals surface area contributed by atoms with E-state index in [0.717, 1.165) is 23.3 Å². The van der Waals surface area contributed by atoms with Gasteiger partial charge in [0.25, 0.3) is 5.91 Å². The van der Waals surface area contributed by atoms with Crippen LogP contribution in [0, 0.1) is 0 Å². The van der Waals surface area contributed by atoms with Crippen LogP contribution in [0.5, 0.6) is 0 Å². The lowest BCUT2D eigenvalue weighted by Crippen LogP contribution is -2.25. The molecule has 0 bridgehead atoms. The normalized spacial score (nSPS) is 14.9. The van der Waals surface area contributed by atoms with Crippen LogP contribution in [-0.4, -0.2) is 5.91 Å². The Morgan fingerprint density at radius 2 is 2.20 bits per heavy atom. The quantitative estimate of drug-likeness (QED) is 0.895. The zero-order valence-corrected chi connectivity index (χ0v) is 12.9. The van der Waals surface area contributed by atoms with E-state index in [-0.39, 0.29) is 11.9 Å². The average Bonchev–Trinajstić information content (AvgIpc) is 2.99. The third kappa shape index (κ3) is 2.74. The fraction of sp³-hybridized carbons (Fsp3) is 0.312. The van der Waals surface area contributed by atoms with Gasteiger partial charge in [-0.25, -0.2) is 0 Å². The largest absolute Gasteiger partial charge is 0.345 e. The summed E-state index contributed by atoms with van der Waals surface area (Å²) in [5.74, 6) is 0.0110. The Morgan fingerprint density at radius 3 is 2.95 bits per heavy atom. The van der Waals surface area contributed by atoms with Gasteiger partial charge in [-0.1, -0.05) is 23.7 Å². The second-order valence-corrected chi connectivity index (χ2v) is 6.74. The van der Waals surface area contributed by atoms with Crippen molar-refractivity contribution in [3.8, 4) is 0 Å². The fourth-order valence-corrected chi connectivity index (χ4v) is 3.92. The molecule has 0 fully saturated rings. The van der Waals surface area contributed by atoms with Gasteiger partial charge in [0, 0.05) is 9.90 Å². The number of nitrogens with one attached hydrogen (secondary N) is 1. The molecule has 1 unspecified atom stereocenters. The number of rotatable bonds is 3. The Hall–Kier alpha value is -1.32. The molecular formula is C16H16ClNOS. The summed E-state index contributed by atoms with van der Waals surface area (Å²) in [5.41, 5.74) is 2.38. The van der Waals surface area contributed by atoms with Crippen LogP contribution in [0.1, 0.15) is 45.1 Å². The molecule has 20 heavy (non-hydrogen) atoms. The highest BCUT2D eigenvalue weighted by Gasteiger charge is 2.19. The van der Waals surface area contributed by atoms with Gasteiger partial charge in [-0.2, -0.15) is 0 Å². The highest BCUT2D eigenvalue weighted by atomic mass is 35.5. The molecule has 0 radical (unpaired) electrons. The molecule has 1 amide bonds. The number of halogens is 1. The summed E-state index contributed by atoms with van der Waals surface area (Å²) < 4.78 is 0. The van der Waals surface area contributed by atoms with Crippen molar-refractivity contribution in [2.75, 3.05) is 0 Å². The topological polar surface area (TPSA) is 29.1 Å². The molecule has 1 atom stereocenters. The van der Waals surface area contributed by atoms with Crippen LogP contribution in [-0.2, 0) is 12.8 Å². The van der Waals surface area contributed by atoms with E-state index in [1.165, 1.54) is 16.9 Å². The van der Waals surface area contributed by atoms with E-state index >= 15 is 0 Å². The maximum Gasteiger partial charge on any atom is 0.261 e. The smallest absolute Gasteiger partial charge is 0.261 e. The molecule has 0 saturated heterocycles. The molecule has 1 aromatic heterocycles. The van der Waals surface area contributed by atoms with Gasteiger partial charge in [0.1, 0.15) is 0 Å². The number of hydrogen-bond acceptors (Lipinski definition) is 2. The monoisotopic (exact) mass is 305 g/mol. The lowest BCUT2D eigenvalue weighted by Gasteiger charge is -2.14. The molecule has 0 spiro atoms. The lowest BCUT2D eigenvalue weighted by atomic mass is 10.1. The van der Waals surface area contributed by atoms with Gasteiger partial charge in [0.15, 0.2) is 0 Å². The molecule has 4 heteroatoms. The van der Waals surface area contributed by atoms with Gasteiger partial charge < -0.3 is 5.32 Å². The maximum atomic E-state index is 12.3. The van der Waals surface area contributed by atoms with E-state index in [0.29, 0.717) is 5.02 Å². The van der Waals surface area contributed by atoms with Crippen LogP contribution in [0.25, 0.3) is 0 Å². The molecule has 1 heterocycles. The average molecular weight is 306 g/mol. The molecule has 2 aromatic rings. The Morgan fingerprint density at radius 1 is 1.35 bits per heavy atom. The summed E-state index contributed by atoms with van der Waals surface area (Å²) in [6.07, 6.45) is 3.46. The minimum Gasteiger partial charge on any atom is -0.345 e. The second kappa shape index (κ2) is 5.58. The number of amides is 1. The van der Waals surface area contributed by atoms with Gasteiger partial charge in [-0.05, 0) is 55.5 Å². The standard InChI is InChI=1S/C16H16ClNOS/c1-10(11-4-2-6-13(17)8-11)18-16(19)15-9-12-5-3-7-14(12)20-15/h2,4,6,8-10H,3,5,7H2,1H3,(H,18,19). The van der Waals surface area contributed by atoms with Crippen molar-refractivity contribution in [1.82, 2.24) is 5.32 Å². The first kappa shape index (κ1) is 13.7. The van der Waals surface area contributed by atoms with E-state index in [9.17, 15) is 4.79 Å². The first-order valence-electron chi connectivity index (χ1n) is 6.81. The number of benzene rings is 1. The molecule has 3 rings (SSSR count). The van der Waals surface area contributed by atoms with Gasteiger partial charge in [0.2, 0.25) is 0 Å². The molecule has 104 valence electrons. The minimum absolute atomic E-state index is 0.0110. The highest BCUT2D eigenvalue weighted by Crippen LogP contribution is 2.30. The van der Waals surface area contributed by atoms with Crippen molar-refractivity contribution >= 4 is 28.8 Å². The zero-order chi connectivity index (χ0) is 14.1. The number of aryl methyl sites for hydroxylation is 2. The molecule has 1 aliphatic carbocycles. The Balaban J connectivity index is 1.72. The predicted molar refractivity (Wildman–Crippen MR) is 83.7 cm³/mol. The van der Waals surface area contributed by atoms with Crippen molar-refractivity contribution in [2.24, 2.45) is 0 Å². The Kier molecular flexibility index (Phi) is 3.81. The van der Waals surface area contributed by atoms with Crippen LogP contribution in [0.3, 0.4) is 0 Å². The number of carbonyl (C=O) groups is 1. The van der Waals surface area contributed by atoms with E-state index in [1.807, 2.05) is 37.3 Å². The van der Waals surface area contributed by atoms with Gasteiger partial charge >= 0.3 is 0 Å². The number of carbonyl (C=O) groups excluding carboxylic acids is 1. The Bertz CT molecular complexity index is 628. The third-order valence-electron chi connectivity index (χ3n) is 3.67. The minimum atomic E-state index is -0.0434. The molecule has 1 N–H and O–H groups in total. The van der Waals surface area contributed by atoms with Gasteiger partial charge in [-0.15, -0.1) is 11.3 Å². The van der Waals surface area contributed by atoms with Crippen molar-refractivity contribution < 1.29 is 4.79 Å². The summed E-state index contributed by atoms with van der Waals surface area (Å²) in [4.78, 5) is 14.5. The van der Waals surface area contributed by atoms with E-state index in [2.05, 4.69) is 5.32 Å². The number of fused-ring (bicyclic) bond motifs is 1. The molecule has 0 aliphatic heterocycles. The first-order chi connectivity index (χ1) is 9.63. The lowest BCUT2D eigenvalue weighted by molar-refractivity contribution is 0.0944. The summed E-state index contributed by atoms with van der Waals surface area (Å²) in [6, 6.07) is 9.61. The zero-order valence-electron chi connectivity index (χ0n) is 11.3. The molecule has 1 aromatic carbocycles. The summed E-state index contributed by atoms with van der Waals surface area (Å²) >= 11 is 7.61. The van der Waals surface area contributed by atoms with Crippen LogP contribution in [0.4, 0.5) is 0 Å². The second-order valence-electron chi connectivity index (χ2n) is 5.16. The van der Waals surface area contributed by atoms with Crippen molar-refractivity contribution in [3.63, 3.8) is 0 Å². The van der Waals surface area contributed by atoms with Crippen LogP contribution in [0.15, 0.2) is 30.3 Å². The SMILES string of the molecule is CC(NC(=O)c1cc2c(s1)CCC2)c1cccc(Cl)c1. The fourth-order valence-electron chi connectivity index (χ4n) is 2.57. The van der Waals surface area contributed by atoms with Crippen LogP contribution < -0.4 is 5.32 Å². The third-order valence-corrected chi connectivity index (χ3v) is 5.14. The number of hydrogen-bond donors (Lipinski definition) is 1. The predicted octanol–water partition coefficient (Wildman–Crippen LogP) is 4.38. The van der Waals surface area contributed by atoms with Crippen molar-refractivity contribution in [3.05, 3.63) is 56.2 Å². The van der Waals surface area contributed by atoms with Crippen molar-refractivity contribution in [2.45, 2.75) is 32.2 Å².